The first-order valence-corrected chi connectivity index (χ1v) is 6.73. The van der Waals surface area contributed by atoms with Crippen LogP contribution in [0.3, 0.4) is 0 Å². The highest BCUT2D eigenvalue weighted by Crippen LogP contribution is 2.34. The predicted octanol–water partition coefficient (Wildman–Crippen LogP) is 3.03. The summed E-state index contributed by atoms with van der Waals surface area (Å²) >= 11 is 0. The van der Waals surface area contributed by atoms with E-state index in [1.807, 2.05) is 13.1 Å². The molecule has 0 aliphatic heterocycles. The number of nitrogens with one attached hydrogen (secondary N) is 2. The first-order valence-electron chi connectivity index (χ1n) is 6.73. The molecule has 1 aromatic heterocycles. The largest absolute Gasteiger partial charge is 0.370 e. The Morgan fingerprint density at radius 1 is 1.39 bits per heavy atom. The lowest BCUT2D eigenvalue weighted by Gasteiger charge is -2.28. The van der Waals surface area contributed by atoms with Crippen molar-refractivity contribution in [1.82, 2.24) is 15.3 Å². The van der Waals surface area contributed by atoms with Crippen molar-refractivity contribution in [3.8, 4) is 0 Å². The van der Waals surface area contributed by atoms with Gasteiger partial charge in [0.1, 0.15) is 11.9 Å². The van der Waals surface area contributed by atoms with Crippen molar-refractivity contribution in [3.63, 3.8) is 0 Å². The third-order valence-electron chi connectivity index (χ3n) is 2.72. The molecule has 1 aromatic rings. The second-order valence-corrected chi connectivity index (χ2v) is 6.03. The highest BCUT2D eigenvalue weighted by Gasteiger charge is 2.29. The monoisotopic (exact) mass is 253 g/mol. The van der Waals surface area contributed by atoms with Crippen LogP contribution in [0.15, 0.2) is 6.20 Å². The lowest BCUT2D eigenvalue weighted by atomic mass is 9.88. The van der Waals surface area contributed by atoms with Crippen molar-refractivity contribution in [2.45, 2.75) is 60.2 Å². The fraction of sp³-hybridized carbons (Fsp3) is 0.786. The smallest absolute Gasteiger partial charge is 0.136 e. The fourth-order valence-electron chi connectivity index (χ4n) is 1.82. The summed E-state index contributed by atoms with van der Waals surface area (Å²) in [5.74, 6) is 0.921. The Labute approximate surface area is 111 Å². The van der Waals surface area contributed by atoms with Crippen LogP contribution in [-0.4, -0.2) is 22.6 Å². The molecule has 2 N–H and O–H groups in total. The van der Waals surface area contributed by atoms with E-state index in [4.69, 9.17) is 4.74 Å². The third kappa shape index (κ3) is 4.42. The first-order chi connectivity index (χ1) is 8.34. The predicted molar refractivity (Wildman–Crippen MR) is 74.4 cm³/mol. The minimum absolute atomic E-state index is 0.00954. The van der Waals surface area contributed by atoms with Crippen molar-refractivity contribution < 1.29 is 4.74 Å². The Kier molecular flexibility index (Phi) is 5.35. The molecule has 18 heavy (non-hydrogen) atoms. The van der Waals surface area contributed by atoms with Crippen molar-refractivity contribution in [1.29, 1.82) is 0 Å². The third-order valence-corrected chi connectivity index (χ3v) is 2.72. The zero-order valence-corrected chi connectivity index (χ0v) is 12.5. The van der Waals surface area contributed by atoms with Crippen molar-refractivity contribution in [2.24, 2.45) is 5.41 Å². The zero-order valence-electron chi connectivity index (χ0n) is 12.5. The van der Waals surface area contributed by atoms with Gasteiger partial charge in [0, 0.05) is 31.1 Å². The molecule has 0 radical (unpaired) electrons. The highest BCUT2D eigenvalue weighted by atomic mass is 16.5. The number of imidazole rings is 1. The van der Waals surface area contributed by atoms with E-state index in [1.165, 1.54) is 0 Å². The standard InChI is InChI=1S/C14H27N3O/c1-7-18-12(14(4,5)6)13-16-9-11(17-13)8-15-10(2)3/h9-10,12,15H,7-8H2,1-6H3,(H,16,17). The van der Waals surface area contributed by atoms with Gasteiger partial charge in [-0.2, -0.15) is 0 Å². The fourth-order valence-corrected chi connectivity index (χ4v) is 1.82. The van der Waals surface area contributed by atoms with Gasteiger partial charge < -0.3 is 15.0 Å². The summed E-state index contributed by atoms with van der Waals surface area (Å²) in [6.07, 6.45) is 1.90. The Balaban J connectivity index is 2.75. The summed E-state index contributed by atoms with van der Waals surface area (Å²) < 4.78 is 5.82. The molecule has 4 heteroatoms. The molecule has 0 saturated heterocycles. The van der Waals surface area contributed by atoms with Crippen LogP contribution in [0.5, 0.6) is 0 Å². The summed E-state index contributed by atoms with van der Waals surface area (Å²) in [5, 5.41) is 3.37. The summed E-state index contributed by atoms with van der Waals surface area (Å²) in [7, 11) is 0. The highest BCUT2D eigenvalue weighted by molar-refractivity contribution is 5.06. The van der Waals surface area contributed by atoms with E-state index < -0.39 is 0 Å². The van der Waals surface area contributed by atoms with Crippen LogP contribution in [0.1, 0.15) is 59.2 Å². The van der Waals surface area contributed by atoms with E-state index in [-0.39, 0.29) is 11.5 Å². The van der Waals surface area contributed by atoms with E-state index in [0.717, 1.165) is 18.1 Å². The minimum Gasteiger partial charge on any atom is -0.370 e. The molecule has 104 valence electrons. The van der Waals surface area contributed by atoms with Gasteiger partial charge in [-0.15, -0.1) is 0 Å². The lowest BCUT2D eigenvalue weighted by molar-refractivity contribution is -0.0186. The number of aromatic nitrogens is 2. The van der Waals surface area contributed by atoms with Gasteiger partial charge in [0.2, 0.25) is 0 Å². The summed E-state index contributed by atoms with van der Waals surface area (Å²) in [5.41, 5.74) is 1.14. The number of aromatic amines is 1. The van der Waals surface area contributed by atoms with E-state index in [2.05, 4.69) is 49.9 Å². The van der Waals surface area contributed by atoms with Crippen LogP contribution in [-0.2, 0) is 11.3 Å². The van der Waals surface area contributed by atoms with Crippen LogP contribution in [0.25, 0.3) is 0 Å². The molecule has 0 fully saturated rings. The molecule has 1 heterocycles. The van der Waals surface area contributed by atoms with Crippen LogP contribution < -0.4 is 5.32 Å². The topological polar surface area (TPSA) is 49.9 Å². The molecule has 0 bridgehead atoms. The van der Waals surface area contributed by atoms with Crippen LogP contribution in [0.4, 0.5) is 0 Å². The van der Waals surface area contributed by atoms with E-state index in [9.17, 15) is 0 Å². The average Bonchev–Trinajstić information content (AvgIpc) is 2.69. The second-order valence-electron chi connectivity index (χ2n) is 6.03. The number of hydrogen-bond donors (Lipinski definition) is 2. The number of nitrogens with zero attached hydrogens (tertiary/aromatic N) is 1. The maximum atomic E-state index is 5.82. The van der Waals surface area contributed by atoms with E-state index >= 15 is 0 Å². The molecular weight excluding hydrogens is 226 g/mol. The van der Waals surface area contributed by atoms with Crippen molar-refractivity contribution in [2.75, 3.05) is 6.61 Å². The van der Waals surface area contributed by atoms with Gasteiger partial charge >= 0.3 is 0 Å². The van der Waals surface area contributed by atoms with Gasteiger partial charge in [0.05, 0.1) is 0 Å². The van der Waals surface area contributed by atoms with Gasteiger partial charge in [-0.3, -0.25) is 0 Å². The lowest BCUT2D eigenvalue weighted by Crippen LogP contribution is -2.23. The zero-order chi connectivity index (χ0) is 13.8. The Morgan fingerprint density at radius 3 is 2.56 bits per heavy atom. The maximum Gasteiger partial charge on any atom is 0.136 e. The van der Waals surface area contributed by atoms with Crippen LogP contribution >= 0.6 is 0 Å². The summed E-state index contributed by atoms with van der Waals surface area (Å²) in [6.45, 7) is 14.3. The maximum absolute atomic E-state index is 5.82. The number of hydrogen-bond acceptors (Lipinski definition) is 3. The van der Waals surface area contributed by atoms with Gasteiger partial charge in [0.15, 0.2) is 0 Å². The quantitative estimate of drug-likeness (QED) is 0.819. The molecule has 0 saturated carbocycles. The molecule has 1 rings (SSSR count). The van der Waals surface area contributed by atoms with E-state index in [0.29, 0.717) is 12.6 Å². The van der Waals surface area contributed by atoms with Crippen molar-refractivity contribution in [3.05, 3.63) is 17.7 Å². The normalized spacial score (nSPS) is 14.2. The van der Waals surface area contributed by atoms with Gasteiger partial charge in [-0.05, 0) is 12.3 Å². The number of H-pyrrole nitrogens is 1. The van der Waals surface area contributed by atoms with Gasteiger partial charge in [-0.1, -0.05) is 34.6 Å². The minimum atomic E-state index is 0.00954. The first kappa shape index (κ1) is 15.2. The van der Waals surface area contributed by atoms with Crippen LogP contribution in [0.2, 0.25) is 0 Å². The molecule has 1 unspecified atom stereocenters. The van der Waals surface area contributed by atoms with Gasteiger partial charge in [0.25, 0.3) is 0 Å². The van der Waals surface area contributed by atoms with Crippen molar-refractivity contribution >= 4 is 0 Å². The molecule has 0 aliphatic rings. The molecule has 4 nitrogen and oxygen atoms in total. The number of ether oxygens (including phenoxy) is 1. The molecular formula is C14H27N3O. The number of rotatable bonds is 6. The summed E-state index contributed by atoms with van der Waals surface area (Å²) in [4.78, 5) is 7.82. The van der Waals surface area contributed by atoms with Gasteiger partial charge in [-0.25, -0.2) is 4.98 Å². The molecule has 0 spiro atoms. The molecule has 0 amide bonds. The molecule has 0 aliphatic carbocycles. The Hall–Kier alpha value is -0.870. The summed E-state index contributed by atoms with van der Waals surface area (Å²) in [6, 6.07) is 0.474. The molecule has 0 aromatic carbocycles. The SMILES string of the molecule is CCOC(c1ncc(CNC(C)C)[nH]1)C(C)(C)C. The van der Waals surface area contributed by atoms with Crippen LogP contribution in [0, 0.1) is 5.41 Å². The Bertz CT molecular complexity index is 352. The average molecular weight is 253 g/mol. The second kappa shape index (κ2) is 6.34. The van der Waals surface area contributed by atoms with E-state index in [1.54, 1.807) is 0 Å². The molecule has 1 atom stereocenters. The Morgan fingerprint density at radius 2 is 2.06 bits per heavy atom.